The Balaban J connectivity index is 2.10. The Labute approximate surface area is 112 Å². The van der Waals surface area contributed by atoms with Gasteiger partial charge in [0.15, 0.2) is 0 Å². The van der Waals surface area contributed by atoms with Gasteiger partial charge in [-0.25, -0.2) is 4.98 Å². The molecule has 1 N–H and O–H groups in total. The average molecular weight is 262 g/mol. The Bertz CT molecular complexity index is 522. The van der Waals surface area contributed by atoms with E-state index in [1.807, 2.05) is 13.1 Å². The van der Waals surface area contributed by atoms with Gasteiger partial charge in [-0.1, -0.05) is 12.1 Å². The summed E-state index contributed by atoms with van der Waals surface area (Å²) in [6, 6.07) is 6.29. The maximum Gasteiger partial charge on any atom is 0.121 e. The number of ether oxygens (including phenoxy) is 1. The summed E-state index contributed by atoms with van der Waals surface area (Å²) >= 11 is 1.72. The number of thiazole rings is 1. The predicted molar refractivity (Wildman–Crippen MR) is 75.4 cm³/mol. The van der Waals surface area contributed by atoms with Crippen molar-refractivity contribution in [3.8, 4) is 5.75 Å². The largest absolute Gasteiger partial charge is 0.496 e. The molecule has 3 nitrogen and oxygen atoms in total. The number of nitrogens with zero attached hydrogens (tertiary/aromatic N) is 1. The van der Waals surface area contributed by atoms with Crippen LogP contribution in [0.5, 0.6) is 5.75 Å². The molecular formula is C14H18N2OS. The summed E-state index contributed by atoms with van der Waals surface area (Å²) in [7, 11) is 3.64. The number of aromatic nitrogens is 1. The van der Waals surface area contributed by atoms with Crippen molar-refractivity contribution in [1.29, 1.82) is 0 Å². The number of methoxy groups -OCH3 is 1. The van der Waals surface area contributed by atoms with Gasteiger partial charge in [0, 0.05) is 18.3 Å². The molecule has 0 bridgehead atoms. The second kappa shape index (κ2) is 5.98. The lowest BCUT2D eigenvalue weighted by Crippen LogP contribution is -2.05. The molecule has 96 valence electrons. The number of benzene rings is 1. The van der Waals surface area contributed by atoms with Gasteiger partial charge in [0.25, 0.3) is 0 Å². The summed E-state index contributed by atoms with van der Waals surface area (Å²) in [5, 5.41) is 6.38. The van der Waals surface area contributed by atoms with Crippen molar-refractivity contribution in [2.45, 2.75) is 19.9 Å². The average Bonchev–Trinajstić information content (AvgIpc) is 2.77. The third-order valence-electron chi connectivity index (χ3n) is 2.77. The molecule has 0 saturated heterocycles. The first kappa shape index (κ1) is 13.1. The molecule has 0 radical (unpaired) electrons. The second-order valence-corrected chi connectivity index (χ2v) is 5.19. The Hall–Kier alpha value is -1.39. The van der Waals surface area contributed by atoms with Crippen molar-refractivity contribution in [2.75, 3.05) is 14.2 Å². The van der Waals surface area contributed by atoms with E-state index in [2.05, 4.69) is 34.7 Å². The van der Waals surface area contributed by atoms with Crippen molar-refractivity contribution >= 4 is 11.3 Å². The molecule has 0 aliphatic rings. The van der Waals surface area contributed by atoms with Crippen LogP contribution in [0.1, 0.15) is 21.8 Å². The Kier molecular flexibility index (Phi) is 4.33. The third kappa shape index (κ3) is 3.09. The highest BCUT2D eigenvalue weighted by atomic mass is 32.1. The number of rotatable bonds is 5. The van der Waals surface area contributed by atoms with Gasteiger partial charge < -0.3 is 10.1 Å². The minimum atomic E-state index is 0.831. The zero-order chi connectivity index (χ0) is 13.0. The normalized spacial score (nSPS) is 10.6. The van der Waals surface area contributed by atoms with E-state index < -0.39 is 0 Å². The highest BCUT2D eigenvalue weighted by Crippen LogP contribution is 2.21. The fourth-order valence-corrected chi connectivity index (χ4v) is 2.75. The molecule has 0 unspecified atom stereocenters. The number of aryl methyl sites for hydroxylation is 1. The number of nitrogens with one attached hydrogen (secondary N) is 1. The smallest absolute Gasteiger partial charge is 0.121 e. The number of hydrogen-bond donors (Lipinski definition) is 1. The Morgan fingerprint density at radius 2 is 2.22 bits per heavy atom. The first-order valence-electron chi connectivity index (χ1n) is 5.94. The first-order chi connectivity index (χ1) is 8.72. The van der Waals surface area contributed by atoms with Crippen LogP contribution in [0.15, 0.2) is 23.6 Å². The SMILES string of the molecule is CNCc1csc(Cc2ccc(OC)c(C)c2)n1. The van der Waals surface area contributed by atoms with Gasteiger partial charge in [-0.05, 0) is 31.2 Å². The van der Waals surface area contributed by atoms with Crippen LogP contribution in [0.3, 0.4) is 0 Å². The molecule has 0 amide bonds. The summed E-state index contributed by atoms with van der Waals surface area (Å²) in [5.41, 5.74) is 3.56. The van der Waals surface area contributed by atoms with Gasteiger partial charge in [-0.2, -0.15) is 0 Å². The lowest BCUT2D eigenvalue weighted by molar-refractivity contribution is 0.411. The molecule has 1 aromatic carbocycles. The van der Waals surface area contributed by atoms with Crippen LogP contribution in [0.4, 0.5) is 0 Å². The van der Waals surface area contributed by atoms with Crippen molar-refractivity contribution in [1.82, 2.24) is 10.3 Å². The lowest BCUT2D eigenvalue weighted by Gasteiger charge is -2.06. The third-order valence-corrected chi connectivity index (χ3v) is 3.67. The molecule has 4 heteroatoms. The van der Waals surface area contributed by atoms with Crippen LogP contribution in [0.2, 0.25) is 0 Å². The molecule has 1 heterocycles. The molecule has 0 aliphatic carbocycles. The van der Waals surface area contributed by atoms with E-state index in [0.29, 0.717) is 0 Å². The summed E-state index contributed by atoms with van der Waals surface area (Å²) in [6.07, 6.45) is 0.888. The van der Waals surface area contributed by atoms with E-state index in [-0.39, 0.29) is 0 Å². The van der Waals surface area contributed by atoms with Gasteiger partial charge in [0.1, 0.15) is 5.75 Å². The molecule has 0 atom stereocenters. The van der Waals surface area contributed by atoms with Crippen molar-refractivity contribution in [2.24, 2.45) is 0 Å². The zero-order valence-electron chi connectivity index (χ0n) is 11.0. The zero-order valence-corrected chi connectivity index (χ0v) is 11.8. The molecule has 0 fully saturated rings. The Morgan fingerprint density at radius 3 is 2.89 bits per heavy atom. The molecule has 18 heavy (non-hydrogen) atoms. The van der Waals surface area contributed by atoms with E-state index in [9.17, 15) is 0 Å². The first-order valence-corrected chi connectivity index (χ1v) is 6.82. The quantitative estimate of drug-likeness (QED) is 0.899. The van der Waals surface area contributed by atoms with Crippen molar-refractivity contribution < 1.29 is 4.74 Å². The monoisotopic (exact) mass is 262 g/mol. The van der Waals surface area contributed by atoms with Crippen LogP contribution in [-0.4, -0.2) is 19.1 Å². The summed E-state index contributed by atoms with van der Waals surface area (Å²) < 4.78 is 5.26. The molecule has 0 spiro atoms. The van der Waals surface area contributed by atoms with Crippen LogP contribution in [0, 0.1) is 6.92 Å². The molecule has 0 aliphatic heterocycles. The topological polar surface area (TPSA) is 34.1 Å². The second-order valence-electron chi connectivity index (χ2n) is 4.24. The van der Waals surface area contributed by atoms with Gasteiger partial charge in [-0.3, -0.25) is 0 Å². The van der Waals surface area contributed by atoms with Crippen LogP contribution < -0.4 is 10.1 Å². The van der Waals surface area contributed by atoms with E-state index in [1.54, 1.807) is 18.4 Å². The number of hydrogen-bond acceptors (Lipinski definition) is 4. The predicted octanol–water partition coefficient (Wildman–Crippen LogP) is 2.77. The van der Waals surface area contributed by atoms with E-state index in [4.69, 9.17) is 4.74 Å². The maximum absolute atomic E-state index is 5.26. The van der Waals surface area contributed by atoms with Gasteiger partial charge in [0.2, 0.25) is 0 Å². The fourth-order valence-electron chi connectivity index (χ4n) is 1.92. The van der Waals surface area contributed by atoms with Gasteiger partial charge in [-0.15, -0.1) is 11.3 Å². The fraction of sp³-hybridized carbons (Fsp3) is 0.357. The minimum absolute atomic E-state index is 0.831. The molecule has 0 saturated carbocycles. The van der Waals surface area contributed by atoms with E-state index >= 15 is 0 Å². The highest BCUT2D eigenvalue weighted by Gasteiger charge is 2.05. The molecular weight excluding hydrogens is 244 g/mol. The minimum Gasteiger partial charge on any atom is -0.496 e. The molecule has 2 rings (SSSR count). The van der Waals surface area contributed by atoms with Crippen LogP contribution in [-0.2, 0) is 13.0 Å². The molecule has 2 aromatic rings. The summed E-state index contributed by atoms with van der Waals surface area (Å²) in [5.74, 6) is 0.939. The maximum atomic E-state index is 5.26. The van der Waals surface area contributed by atoms with Gasteiger partial charge in [0.05, 0.1) is 17.8 Å². The van der Waals surface area contributed by atoms with Gasteiger partial charge >= 0.3 is 0 Å². The lowest BCUT2D eigenvalue weighted by atomic mass is 10.1. The van der Waals surface area contributed by atoms with Crippen LogP contribution >= 0.6 is 11.3 Å². The highest BCUT2D eigenvalue weighted by molar-refractivity contribution is 7.09. The standard InChI is InChI=1S/C14H18N2OS/c1-10-6-11(4-5-13(10)17-3)7-14-16-12(8-15-2)9-18-14/h4-6,9,15H,7-8H2,1-3H3. The van der Waals surface area contributed by atoms with Crippen LogP contribution in [0.25, 0.3) is 0 Å². The van der Waals surface area contributed by atoms with E-state index in [0.717, 1.165) is 29.4 Å². The van der Waals surface area contributed by atoms with Crippen molar-refractivity contribution in [3.63, 3.8) is 0 Å². The van der Waals surface area contributed by atoms with Crippen molar-refractivity contribution in [3.05, 3.63) is 45.4 Å². The summed E-state index contributed by atoms with van der Waals surface area (Å²) in [6.45, 7) is 2.90. The van der Waals surface area contributed by atoms with E-state index in [1.165, 1.54) is 11.1 Å². The summed E-state index contributed by atoms with van der Waals surface area (Å²) in [4.78, 5) is 4.59. The Morgan fingerprint density at radius 1 is 1.39 bits per heavy atom. The molecule has 1 aromatic heterocycles.